The molecule has 0 bridgehead atoms. The van der Waals surface area contributed by atoms with Gasteiger partial charge in [-0.3, -0.25) is 29.4 Å². The molecule has 4 heterocycles. The average Bonchev–Trinajstić information content (AvgIpc) is 4.04. The van der Waals surface area contributed by atoms with Gasteiger partial charge in [-0.2, -0.15) is 0 Å². The van der Waals surface area contributed by atoms with Crippen molar-refractivity contribution in [3.05, 3.63) is 183 Å². The van der Waals surface area contributed by atoms with Gasteiger partial charge in [0.2, 0.25) is 5.91 Å². The minimum atomic E-state index is -2.69. The van der Waals surface area contributed by atoms with Crippen LogP contribution < -0.4 is 25.9 Å². The van der Waals surface area contributed by atoms with Crippen molar-refractivity contribution in [3.8, 4) is 17.1 Å². The molecule has 10 rings (SSSR count). The molecule has 6 aromatic carbocycles. The molecule has 4 atom stereocenters. The molecule has 0 radical (unpaired) electrons. The summed E-state index contributed by atoms with van der Waals surface area (Å²) >= 11 is 0. The van der Waals surface area contributed by atoms with Crippen molar-refractivity contribution >= 4 is 52.6 Å². The van der Waals surface area contributed by atoms with Gasteiger partial charge in [-0.1, -0.05) is 104 Å². The summed E-state index contributed by atoms with van der Waals surface area (Å²) < 4.78 is 16.0. The number of aromatic amines is 2. The topological polar surface area (TPSA) is 155 Å². The summed E-state index contributed by atoms with van der Waals surface area (Å²) in [6, 6.07) is 45.6. The summed E-state index contributed by atoms with van der Waals surface area (Å²) in [4.78, 5) is 61.5. The van der Waals surface area contributed by atoms with Gasteiger partial charge in [0, 0.05) is 24.6 Å². The largest absolute Gasteiger partial charge is 0.497 e. The van der Waals surface area contributed by atoms with Crippen LogP contribution in [0.4, 0.5) is 5.69 Å². The van der Waals surface area contributed by atoms with Crippen molar-refractivity contribution in [1.29, 1.82) is 0 Å². The fraction of sp³-hybridized carbons (Fsp3) is 0.245. The van der Waals surface area contributed by atoms with Gasteiger partial charge in [0.15, 0.2) is 5.60 Å². The maximum absolute atomic E-state index is 15.9. The lowest BCUT2D eigenvalue weighted by molar-refractivity contribution is -0.150. The molecular weight excluding hydrogens is 861 g/mol. The number of fused-ring (bicyclic) bond motifs is 4. The van der Waals surface area contributed by atoms with Crippen LogP contribution in [0.25, 0.3) is 33.2 Å². The first-order chi connectivity index (χ1) is 32.4. The maximum Gasteiger partial charge on any atom is 0.279 e. The molecule has 3 N–H and O–H groups in total. The SMILES string of the molecule is COc1ccc([Si](C)(C)[C@@H]2[C@@H](CC(=O)N(CCO)Cc3ccccc3)O[C@]3(C(=O)N(Cc4cccc(-n5[nH]c6ccccc6c5=O)c4)c4ccc(-n5[nH]c6ccccc6c5=O)cc43)[C@H]2C)cc1. The van der Waals surface area contributed by atoms with Gasteiger partial charge in [0.05, 0.1) is 79.7 Å². The summed E-state index contributed by atoms with van der Waals surface area (Å²) in [5.74, 6) is -0.208. The number of H-pyrrole nitrogens is 2. The normalized spacial score (nSPS) is 19.1. The highest BCUT2D eigenvalue weighted by Gasteiger charge is 2.66. The van der Waals surface area contributed by atoms with Crippen molar-refractivity contribution in [2.24, 2.45) is 5.92 Å². The van der Waals surface area contributed by atoms with Crippen LogP contribution in [-0.2, 0) is 33.0 Å². The second kappa shape index (κ2) is 17.2. The second-order valence-corrected chi connectivity index (χ2v) is 22.9. The first-order valence-electron chi connectivity index (χ1n) is 22.6. The number of rotatable bonds is 13. The fourth-order valence-corrected chi connectivity index (χ4v) is 14.8. The Kier molecular flexibility index (Phi) is 11.2. The van der Waals surface area contributed by atoms with Gasteiger partial charge >= 0.3 is 0 Å². The number of ether oxygens (including phenoxy) is 2. The number of benzene rings is 6. The molecule has 2 aromatic heterocycles. The predicted molar refractivity (Wildman–Crippen MR) is 262 cm³/mol. The molecule has 1 saturated heterocycles. The lowest BCUT2D eigenvalue weighted by atomic mass is 9.82. The zero-order valence-electron chi connectivity index (χ0n) is 37.8. The standard InChI is InChI=1S/C53H52N6O7Si/c1-34-49(67(3,4)40-24-22-39(65-2)23-25-40)47(31-48(61)56(27-28-60)32-35-13-6-5-7-14-35)66-53(34)43-30-38(59-51(63)42-18-9-11-20-45(42)55-59)21-26-46(43)57(52(53)64)33-36-15-12-16-37(29-36)58-50(62)41-17-8-10-19-44(41)54-58/h5-26,29-30,34,47,49,54-55,60H,27-28,31-33H2,1-4H3/t34-,47+,49-,53+/m0/s1. The zero-order valence-corrected chi connectivity index (χ0v) is 38.8. The minimum Gasteiger partial charge on any atom is -0.497 e. The third kappa shape index (κ3) is 7.41. The van der Waals surface area contributed by atoms with Gasteiger partial charge in [0.25, 0.3) is 17.0 Å². The van der Waals surface area contributed by atoms with Crippen molar-refractivity contribution in [2.75, 3.05) is 25.2 Å². The Labute approximate surface area is 387 Å². The number of aliphatic hydroxyl groups is 1. The minimum absolute atomic E-state index is 0.0265. The van der Waals surface area contributed by atoms with E-state index in [0.29, 0.717) is 51.0 Å². The summed E-state index contributed by atoms with van der Waals surface area (Å²) in [5, 5.41) is 18.9. The number of carbonyl (C=O) groups is 2. The Morgan fingerprint density at radius 1 is 0.761 bits per heavy atom. The van der Waals surface area contributed by atoms with Crippen LogP contribution in [0.1, 0.15) is 30.0 Å². The van der Waals surface area contributed by atoms with E-state index in [2.05, 4.69) is 42.3 Å². The average molecular weight is 913 g/mol. The Morgan fingerprint density at radius 3 is 2.00 bits per heavy atom. The Morgan fingerprint density at radius 2 is 1.37 bits per heavy atom. The summed E-state index contributed by atoms with van der Waals surface area (Å²) in [5.41, 5.74) is 3.22. The number of methoxy groups -OCH3 is 1. The molecule has 2 aliphatic heterocycles. The zero-order chi connectivity index (χ0) is 46.6. The van der Waals surface area contributed by atoms with Crippen LogP contribution in [0.15, 0.2) is 155 Å². The quantitative estimate of drug-likeness (QED) is 0.104. The van der Waals surface area contributed by atoms with Crippen molar-refractivity contribution in [2.45, 2.75) is 56.8 Å². The number of carbonyl (C=O) groups excluding carboxylic acids is 2. The lowest BCUT2D eigenvalue weighted by Crippen LogP contribution is -2.52. The van der Waals surface area contributed by atoms with E-state index in [1.807, 2.05) is 121 Å². The molecule has 14 heteroatoms. The molecule has 13 nitrogen and oxygen atoms in total. The number of nitrogens with one attached hydrogen (secondary N) is 2. The number of hydrogen-bond donors (Lipinski definition) is 3. The van der Waals surface area contributed by atoms with Gasteiger partial charge in [-0.15, -0.1) is 0 Å². The fourth-order valence-electron chi connectivity index (χ4n) is 10.8. The molecule has 8 aromatic rings. The van der Waals surface area contributed by atoms with Gasteiger partial charge in [-0.25, -0.2) is 9.36 Å². The molecule has 0 aliphatic carbocycles. The third-order valence-corrected chi connectivity index (χ3v) is 18.4. The first kappa shape index (κ1) is 43.6. The van der Waals surface area contributed by atoms with Crippen LogP contribution in [-0.4, -0.2) is 75.8 Å². The number of nitrogens with zero attached hydrogens (tertiary/aromatic N) is 4. The number of hydrogen-bond acceptors (Lipinski definition) is 7. The predicted octanol–water partition coefficient (Wildman–Crippen LogP) is 7.13. The van der Waals surface area contributed by atoms with E-state index in [0.717, 1.165) is 22.1 Å². The van der Waals surface area contributed by atoms with Crippen LogP contribution >= 0.6 is 0 Å². The molecule has 67 heavy (non-hydrogen) atoms. The van der Waals surface area contributed by atoms with E-state index in [4.69, 9.17) is 9.47 Å². The number of anilines is 1. The van der Waals surface area contributed by atoms with E-state index in [-0.39, 0.29) is 54.6 Å². The van der Waals surface area contributed by atoms with Gasteiger partial charge in [0.1, 0.15) is 5.75 Å². The summed E-state index contributed by atoms with van der Waals surface area (Å²) in [6.45, 7) is 6.97. The molecule has 340 valence electrons. The molecule has 2 aliphatic rings. The second-order valence-electron chi connectivity index (χ2n) is 18.2. The molecule has 0 saturated carbocycles. The maximum atomic E-state index is 15.9. The highest BCUT2D eigenvalue weighted by atomic mass is 28.3. The van der Waals surface area contributed by atoms with Gasteiger partial charge < -0.3 is 24.4 Å². The highest BCUT2D eigenvalue weighted by molar-refractivity contribution is 6.91. The smallest absolute Gasteiger partial charge is 0.279 e. The number of amides is 2. The summed E-state index contributed by atoms with van der Waals surface area (Å²) in [7, 11) is -1.05. The van der Waals surface area contributed by atoms with E-state index >= 15 is 4.79 Å². The van der Waals surface area contributed by atoms with Crippen LogP contribution in [0.3, 0.4) is 0 Å². The number of para-hydroxylation sites is 2. The van der Waals surface area contributed by atoms with Crippen molar-refractivity contribution in [3.63, 3.8) is 0 Å². The van der Waals surface area contributed by atoms with E-state index in [9.17, 15) is 19.5 Å². The lowest BCUT2D eigenvalue weighted by Gasteiger charge is -2.37. The monoisotopic (exact) mass is 912 g/mol. The third-order valence-electron chi connectivity index (χ3n) is 14.1. The highest BCUT2D eigenvalue weighted by Crippen LogP contribution is 2.60. The van der Waals surface area contributed by atoms with Crippen molar-refractivity contribution in [1.82, 2.24) is 24.5 Å². The van der Waals surface area contributed by atoms with E-state index < -0.39 is 25.7 Å². The Bertz CT molecular complexity index is 3280. The van der Waals surface area contributed by atoms with Crippen molar-refractivity contribution < 1.29 is 24.2 Å². The molecule has 2 amide bonds. The van der Waals surface area contributed by atoms with Crippen LogP contribution in [0.5, 0.6) is 5.75 Å². The van der Waals surface area contributed by atoms with E-state index in [1.165, 1.54) is 9.36 Å². The van der Waals surface area contributed by atoms with Crippen LogP contribution in [0.2, 0.25) is 18.6 Å². The summed E-state index contributed by atoms with van der Waals surface area (Å²) in [6.07, 6.45) is -0.738. The first-order valence-corrected chi connectivity index (χ1v) is 25.7. The molecule has 0 unspecified atom stereocenters. The molecular formula is C53H52N6O7Si. The van der Waals surface area contributed by atoms with E-state index in [1.54, 1.807) is 29.0 Å². The molecule has 1 spiro atoms. The number of aliphatic hydroxyl groups excluding tert-OH is 1. The van der Waals surface area contributed by atoms with Crippen LogP contribution in [0, 0.1) is 5.92 Å². The van der Waals surface area contributed by atoms with Gasteiger partial charge in [-0.05, 0) is 83.4 Å². The Hall–Kier alpha value is -7.26. The number of aromatic nitrogens is 4. The molecule has 1 fully saturated rings. The Balaban J connectivity index is 1.10.